The molecule has 1 fully saturated rings. The Morgan fingerprint density at radius 2 is 2.35 bits per heavy atom. The number of hydrogen-bond donors (Lipinski definition) is 2. The quantitative estimate of drug-likeness (QED) is 0.813. The highest BCUT2D eigenvalue weighted by atomic mass is 16.1. The van der Waals surface area contributed by atoms with Gasteiger partial charge in [0.2, 0.25) is 0 Å². The molecule has 110 valence electrons. The summed E-state index contributed by atoms with van der Waals surface area (Å²) < 4.78 is 0. The lowest BCUT2D eigenvalue weighted by Gasteiger charge is -2.26. The Labute approximate surface area is 119 Å². The summed E-state index contributed by atoms with van der Waals surface area (Å²) >= 11 is 0. The van der Waals surface area contributed by atoms with Crippen molar-refractivity contribution in [1.82, 2.24) is 14.9 Å². The van der Waals surface area contributed by atoms with Gasteiger partial charge in [-0.1, -0.05) is 13.8 Å². The lowest BCUT2D eigenvalue weighted by atomic mass is 10.1. The number of carbonyl (C=O) groups excluding carboxylic acids is 1. The Hall–Kier alpha value is -1.69. The highest BCUT2D eigenvalue weighted by molar-refractivity contribution is 5.90. The first-order valence-corrected chi connectivity index (χ1v) is 7.16. The Bertz CT molecular complexity index is 463. The van der Waals surface area contributed by atoms with Gasteiger partial charge in [0.25, 0.3) is 5.91 Å². The molecule has 0 aliphatic carbocycles. The molecule has 1 aromatic rings. The first-order chi connectivity index (χ1) is 9.56. The third kappa shape index (κ3) is 3.90. The Kier molecular flexibility index (Phi) is 4.89. The molecule has 0 bridgehead atoms. The van der Waals surface area contributed by atoms with E-state index in [1.54, 1.807) is 6.20 Å². The van der Waals surface area contributed by atoms with Crippen LogP contribution in [0.25, 0.3) is 0 Å². The lowest BCUT2D eigenvalue weighted by Crippen LogP contribution is -2.37. The van der Waals surface area contributed by atoms with Gasteiger partial charge < -0.3 is 11.1 Å². The van der Waals surface area contributed by atoms with Gasteiger partial charge in [0.05, 0.1) is 12.4 Å². The van der Waals surface area contributed by atoms with Crippen LogP contribution in [0.4, 0.5) is 5.82 Å². The molecule has 0 spiro atoms. The molecular weight excluding hydrogens is 254 g/mol. The highest BCUT2D eigenvalue weighted by Crippen LogP contribution is 2.19. The van der Waals surface area contributed by atoms with E-state index in [9.17, 15) is 4.79 Å². The van der Waals surface area contributed by atoms with Crippen LogP contribution in [0.5, 0.6) is 0 Å². The molecule has 1 saturated heterocycles. The van der Waals surface area contributed by atoms with E-state index < -0.39 is 5.91 Å². The minimum absolute atomic E-state index is 0.195. The van der Waals surface area contributed by atoms with Gasteiger partial charge in [-0.2, -0.15) is 0 Å². The normalized spacial score (nSPS) is 19.4. The van der Waals surface area contributed by atoms with Crippen LogP contribution in [0.15, 0.2) is 12.4 Å². The van der Waals surface area contributed by atoms with Crippen LogP contribution < -0.4 is 11.1 Å². The van der Waals surface area contributed by atoms with Crippen molar-refractivity contribution in [1.29, 1.82) is 0 Å². The zero-order valence-electron chi connectivity index (χ0n) is 12.2. The van der Waals surface area contributed by atoms with E-state index in [-0.39, 0.29) is 5.69 Å². The maximum atomic E-state index is 11.1. The Morgan fingerprint density at radius 3 is 3.05 bits per heavy atom. The van der Waals surface area contributed by atoms with E-state index in [4.69, 9.17) is 5.73 Å². The number of amides is 1. The number of rotatable bonds is 6. The summed E-state index contributed by atoms with van der Waals surface area (Å²) in [7, 11) is 0. The molecule has 0 saturated carbocycles. The van der Waals surface area contributed by atoms with E-state index in [2.05, 4.69) is 34.0 Å². The zero-order valence-corrected chi connectivity index (χ0v) is 12.2. The first-order valence-electron chi connectivity index (χ1n) is 7.16. The minimum atomic E-state index is -0.552. The number of nitrogens with two attached hydrogens (primary N) is 1. The predicted molar refractivity (Wildman–Crippen MR) is 78.5 cm³/mol. The molecule has 1 aliphatic heterocycles. The molecule has 0 aromatic carbocycles. The average Bonchev–Trinajstić information content (AvgIpc) is 2.83. The average molecular weight is 277 g/mol. The van der Waals surface area contributed by atoms with Gasteiger partial charge in [-0.05, 0) is 25.3 Å². The van der Waals surface area contributed by atoms with E-state index in [1.165, 1.54) is 19.0 Å². The molecule has 20 heavy (non-hydrogen) atoms. The predicted octanol–water partition coefficient (Wildman–Crippen LogP) is 1.11. The molecule has 0 radical (unpaired) electrons. The van der Waals surface area contributed by atoms with E-state index in [0.717, 1.165) is 19.6 Å². The summed E-state index contributed by atoms with van der Waals surface area (Å²) in [6.45, 7) is 7.59. The zero-order chi connectivity index (χ0) is 14.5. The van der Waals surface area contributed by atoms with Gasteiger partial charge in [-0.25, -0.2) is 4.98 Å². The van der Waals surface area contributed by atoms with Gasteiger partial charge in [0.15, 0.2) is 0 Å². The Balaban J connectivity index is 1.91. The number of aromatic nitrogens is 2. The number of carbonyl (C=O) groups is 1. The summed E-state index contributed by atoms with van der Waals surface area (Å²) in [4.78, 5) is 21.7. The maximum absolute atomic E-state index is 11.1. The van der Waals surface area contributed by atoms with Crippen LogP contribution in [0.3, 0.4) is 0 Å². The molecule has 1 aromatic heterocycles. The molecule has 3 N–H and O–H groups in total. The fourth-order valence-corrected chi connectivity index (χ4v) is 2.63. The van der Waals surface area contributed by atoms with Gasteiger partial charge in [0, 0.05) is 19.1 Å². The van der Waals surface area contributed by atoms with Gasteiger partial charge >= 0.3 is 0 Å². The lowest BCUT2D eigenvalue weighted by molar-refractivity contribution is 0.0995. The maximum Gasteiger partial charge on any atom is 0.268 e. The number of primary amides is 1. The molecule has 1 amide bonds. The van der Waals surface area contributed by atoms with Crippen molar-refractivity contribution < 1.29 is 4.79 Å². The molecular formula is C14H23N5O. The minimum Gasteiger partial charge on any atom is -0.367 e. The number of anilines is 1. The van der Waals surface area contributed by atoms with Crippen molar-refractivity contribution in [3.63, 3.8) is 0 Å². The van der Waals surface area contributed by atoms with E-state index in [0.29, 0.717) is 17.8 Å². The molecule has 2 heterocycles. The second-order valence-electron chi connectivity index (χ2n) is 5.72. The van der Waals surface area contributed by atoms with Crippen molar-refractivity contribution in [2.24, 2.45) is 11.7 Å². The Morgan fingerprint density at radius 1 is 1.55 bits per heavy atom. The summed E-state index contributed by atoms with van der Waals surface area (Å²) in [5.41, 5.74) is 5.40. The van der Waals surface area contributed by atoms with Crippen LogP contribution >= 0.6 is 0 Å². The second-order valence-corrected chi connectivity index (χ2v) is 5.72. The topological polar surface area (TPSA) is 84.1 Å². The fraction of sp³-hybridized carbons (Fsp3) is 0.643. The molecule has 6 heteroatoms. The van der Waals surface area contributed by atoms with Crippen LogP contribution in [0, 0.1) is 5.92 Å². The number of hydrogen-bond acceptors (Lipinski definition) is 5. The van der Waals surface area contributed by atoms with Crippen LogP contribution in [-0.4, -0.2) is 46.5 Å². The number of nitrogens with zero attached hydrogens (tertiary/aromatic N) is 3. The summed E-state index contributed by atoms with van der Waals surface area (Å²) in [5.74, 6) is 0.731. The fourth-order valence-electron chi connectivity index (χ4n) is 2.63. The van der Waals surface area contributed by atoms with Crippen LogP contribution in [0.2, 0.25) is 0 Å². The van der Waals surface area contributed by atoms with Gasteiger partial charge in [0.1, 0.15) is 11.5 Å². The summed E-state index contributed by atoms with van der Waals surface area (Å²) in [5, 5.41) is 3.26. The highest BCUT2D eigenvalue weighted by Gasteiger charge is 2.24. The first kappa shape index (κ1) is 14.7. The smallest absolute Gasteiger partial charge is 0.268 e. The molecule has 1 atom stereocenters. The largest absolute Gasteiger partial charge is 0.367 e. The van der Waals surface area contributed by atoms with Crippen molar-refractivity contribution in [2.75, 3.05) is 25.0 Å². The monoisotopic (exact) mass is 277 g/mol. The van der Waals surface area contributed by atoms with Crippen LogP contribution in [-0.2, 0) is 0 Å². The number of likely N-dealkylation sites (tertiary alicyclic amines) is 1. The summed E-state index contributed by atoms with van der Waals surface area (Å²) in [6, 6.07) is 0.524. The van der Waals surface area contributed by atoms with Crippen molar-refractivity contribution in [3.05, 3.63) is 18.1 Å². The molecule has 2 rings (SSSR count). The van der Waals surface area contributed by atoms with E-state index in [1.807, 2.05) is 0 Å². The van der Waals surface area contributed by atoms with Crippen molar-refractivity contribution in [2.45, 2.75) is 32.7 Å². The number of nitrogens with one attached hydrogen (secondary N) is 1. The summed E-state index contributed by atoms with van der Waals surface area (Å²) in [6.07, 6.45) is 5.44. The third-order valence-corrected chi connectivity index (χ3v) is 3.50. The van der Waals surface area contributed by atoms with Gasteiger partial charge in [-0.3, -0.25) is 14.7 Å². The molecule has 6 nitrogen and oxygen atoms in total. The SMILES string of the molecule is CC(C)CN1CCC[C@@H]1CNc1cncc(C(N)=O)n1. The molecule has 0 unspecified atom stereocenters. The standard InChI is InChI=1S/C14H23N5O/c1-10(2)9-19-5-3-4-11(19)6-17-13-8-16-7-12(18-13)14(15)20/h7-8,10-11H,3-6,9H2,1-2H3,(H2,15,20)(H,17,18)/t11-/m1/s1. The third-order valence-electron chi connectivity index (χ3n) is 3.50. The van der Waals surface area contributed by atoms with Crippen molar-refractivity contribution >= 4 is 11.7 Å². The van der Waals surface area contributed by atoms with Crippen molar-refractivity contribution in [3.8, 4) is 0 Å². The second kappa shape index (κ2) is 6.65. The molecule has 1 aliphatic rings. The van der Waals surface area contributed by atoms with Gasteiger partial charge in [-0.15, -0.1) is 0 Å². The van der Waals surface area contributed by atoms with Crippen LogP contribution in [0.1, 0.15) is 37.2 Å². The van der Waals surface area contributed by atoms with E-state index >= 15 is 0 Å².